The molecular weight excluding hydrogens is 418 g/mol. The molecule has 1 saturated carbocycles. The average molecular weight is 444 g/mol. The van der Waals surface area contributed by atoms with Crippen molar-refractivity contribution < 1.29 is 9.26 Å². The molecule has 4 aromatic heterocycles. The first-order chi connectivity index (χ1) is 16.1. The quantitative estimate of drug-likeness (QED) is 0.457. The van der Waals surface area contributed by atoms with Crippen LogP contribution < -0.4 is 5.73 Å². The van der Waals surface area contributed by atoms with Crippen molar-refractivity contribution in [3.63, 3.8) is 0 Å². The van der Waals surface area contributed by atoms with E-state index in [4.69, 9.17) is 25.0 Å². The van der Waals surface area contributed by atoms with Crippen molar-refractivity contribution in [1.29, 1.82) is 0 Å². The van der Waals surface area contributed by atoms with Crippen LogP contribution in [-0.4, -0.2) is 43.1 Å². The molecule has 1 aliphatic carbocycles. The SMILES string of the molecule is CCC1([C@H](c2ccc(-c3ccc(N)nc3)nc2)c2noc(-c3cnn(C4COC4)c3)n2)CC1. The fourth-order valence-electron chi connectivity index (χ4n) is 4.58. The molecule has 5 heterocycles. The number of hydrogen-bond donors (Lipinski definition) is 1. The topological polar surface area (TPSA) is 118 Å². The number of hydrogen-bond acceptors (Lipinski definition) is 8. The maximum Gasteiger partial charge on any atom is 0.261 e. The van der Waals surface area contributed by atoms with Crippen molar-refractivity contribution in [2.75, 3.05) is 18.9 Å². The van der Waals surface area contributed by atoms with Gasteiger partial charge in [-0.25, -0.2) is 4.98 Å². The fraction of sp³-hybridized carbons (Fsp3) is 0.375. The highest BCUT2D eigenvalue weighted by Crippen LogP contribution is 2.60. The molecule has 0 amide bonds. The molecule has 0 bridgehead atoms. The zero-order chi connectivity index (χ0) is 22.4. The van der Waals surface area contributed by atoms with E-state index in [1.165, 1.54) is 0 Å². The summed E-state index contributed by atoms with van der Waals surface area (Å²) >= 11 is 0. The second-order valence-electron chi connectivity index (χ2n) is 8.96. The third-order valence-corrected chi connectivity index (χ3v) is 6.95. The van der Waals surface area contributed by atoms with E-state index in [1.54, 1.807) is 18.5 Å². The lowest BCUT2D eigenvalue weighted by atomic mass is 9.81. The van der Waals surface area contributed by atoms with E-state index in [-0.39, 0.29) is 17.4 Å². The van der Waals surface area contributed by atoms with Crippen molar-refractivity contribution in [1.82, 2.24) is 29.9 Å². The molecule has 9 nitrogen and oxygen atoms in total. The van der Waals surface area contributed by atoms with Gasteiger partial charge in [-0.1, -0.05) is 18.1 Å². The average Bonchev–Trinajstić information content (AvgIpc) is 3.18. The van der Waals surface area contributed by atoms with Gasteiger partial charge in [0.1, 0.15) is 5.82 Å². The van der Waals surface area contributed by atoms with Crippen molar-refractivity contribution in [3.05, 3.63) is 60.4 Å². The minimum Gasteiger partial charge on any atom is -0.384 e. The summed E-state index contributed by atoms with van der Waals surface area (Å²) in [6, 6.07) is 8.13. The second kappa shape index (κ2) is 7.77. The number of nitrogens with zero attached hydrogens (tertiary/aromatic N) is 6. The van der Waals surface area contributed by atoms with Crippen LogP contribution in [0.1, 0.15) is 49.5 Å². The molecule has 0 unspecified atom stereocenters. The van der Waals surface area contributed by atoms with E-state index in [0.717, 1.165) is 41.6 Å². The largest absolute Gasteiger partial charge is 0.384 e. The van der Waals surface area contributed by atoms with E-state index in [1.807, 2.05) is 29.2 Å². The number of aromatic nitrogens is 6. The summed E-state index contributed by atoms with van der Waals surface area (Å²) in [6.45, 7) is 3.60. The molecule has 0 spiro atoms. The number of anilines is 1. The Hall–Kier alpha value is -3.59. The van der Waals surface area contributed by atoms with E-state index in [2.05, 4.69) is 28.2 Å². The van der Waals surface area contributed by atoms with Gasteiger partial charge < -0.3 is 15.0 Å². The lowest BCUT2D eigenvalue weighted by Gasteiger charge is -2.25. The van der Waals surface area contributed by atoms with Gasteiger partial charge in [0.05, 0.1) is 42.6 Å². The van der Waals surface area contributed by atoms with Crippen LogP contribution in [0.4, 0.5) is 5.82 Å². The number of ether oxygens (including phenoxy) is 1. The first-order valence-corrected chi connectivity index (χ1v) is 11.3. The lowest BCUT2D eigenvalue weighted by Crippen LogP contribution is -2.30. The van der Waals surface area contributed by atoms with Gasteiger partial charge >= 0.3 is 0 Å². The zero-order valence-electron chi connectivity index (χ0n) is 18.4. The Balaban J connectivity index is 1.31. The Morgan fingerprint density at radius 3 is 2.61 bits per heavy atom. The molecule has 1 saturated heterocycles. The van der Waals surface area contributed by atoms with Crippen LogP contribution in [0.5, 0.6) is 0 Å². The Morgan fingerprint density at radius 1 is 1.09 bits per heavy atom. The van der Waals surface area contributed by atoms with E-state index in [9.17, 15) is 0 Å². The minimum atomic E-state index is 0.0289. The number of nitrogen functional groups attached to an aromatic ring is 1. The van der Waals surface area contributed by atoms with Gasteiger partial charge in [-0.3, -0.25) is 9.67 Å². The first kappa shape index (κ1) is 20.0. The monoisotopic (exact) mass is 443 g/mol. The molecule has 2 fully saturated rings. The van der Waals surface area contributed by atoms with Crippen molar-refractivity contribution >= 4 is 5.82 Å². The van der Waals surface area contributed by atoms with Gasteiger partial charge in [0, 0.05) is 24.2 Å². The fourth-order valence-corrected chi connectivity index (χ4v) is 4.58. The van der Waals surface area contributed by atoms with Gasteiger partial charge in [-0.15, -0.1) is 0 Å². The summed E-state index contributed by atoms with van der Waals surface area (Å²) < 4.78 is 12.8. The maximum atomic E-state index is 5.71. The molecule has 6 rings (SSSR count). The highest BCUT2D eigenvalue weighted by molar-refractivity contribution is 5.59. The first-order valence-electron chi connectivity index (χ1n) is 11.3. The molecule has 168 valence electrons. The van der Waals surface area contributed by atoms with Crippen LogP contribution >= 0.6 is 0 Å². The van der Waals surface area contributed by atoms with E-state index in [0.29, 0.717) is 30.7 Å². The summed E-state index contributed by atoms with van der Waals surface area (Å²) in [7, 11) is 0. The van der Waals surface area contributed by atoms with Crippen LogP contribution in [0.3, 0.4) is 0 Å². The summed E-state index contributed by atoms with van der Waals surface area (Å²) in [5.41, 5.74) is 9.55. The molecule has 2 N–H and O–H groups in total. The lowest BCUT2D eigenvalue weighted by molar-refractivity contribution is -0.0286. The molecule has 0 aromatic carbocycles. The van der Waals surface area contributed by atoms with Crippen LogP contribution in [0.25, 0.3) is 22.7 Å². The Labute approximate surface area is 191 Å². The van der Waals surface area contributed by atoms with E-state index < -0.39 is 0 Å². The van der Waals surface area contributed by atoms with Crippen LogP contribution in [0.15, 0.2) is 53.6 Å². The normalized spacial score (nSPS) is 18.1. The smallest absolute Gasteiger partial charge is 0.261 e. The summed E-state index contributed by atoms with van der Waals surface area (Å²) in [5, 5.41) is 8.84. The molecular formula is C24H25N7O2. The van der Waals surface area contributed by atoms with E-state index >= 15 is 0 Å². The van der Waals surface area contributed by atoms with Crippen molar-refractivity contribution in [3.8, 4) is 22.7 Å². The summed E-state index contributed by atoms with van der Waals surface area (Å²) in [4.78, 5) is 13.7. The second-order valence-corrected chi connectivity index (χ2v) is 8.96. The number of pyridine rings is 2. The maximum absolute atomic E-state index is 5.71. The summed E-state index contributed by atoms with van der Waals surface area (Å²) in [5.74, 6) is 1.72. The molecule has 0 radical (unpaired) electrons. The van der Waals surface area contributed by atoms with Crippen LogP contribution in [0.2, 0.25) is 0 Å². The number of nitrogens with two attached hydrogens (primary N) is 1. The Kier molecular flexibility index (Phi) is 4.72. The molecule has 2 aliphatic rings. The molecule has 9 heteroatoms. The van der Waals surface area contributed by atoms with Gasteiger partial charge in [0.2, 0.25) is 0 Å². The highest BCUT2D eigenvalue weighted by Gasteiger charge is 2.51. The predicted octanol–water partition coefficient (Wildman–Crippen LogP) is 3.87. The highest BCUT2D eigenvalue weighted by atomic mass is 16.5. The minimum absolute atomic E-state index is 0.0289. The molecule has 1 aliphatic heterocycles. The third kappa shape index (κ3) is 3.58. The Morgan fingerprint density at radius 2 is 1.97 bits per heavy atom. The van der Waals surface area contributed by atoms with Crippen molar-refractivity contribution in [2.24, 2.45) is 5.41 Å². The van der Waals surface area contributed by atoms with Gasteiger partial charge in [-0.2, -0.15) is 10.1 Å². The molecule has 4 aromatic rings. The van der Waals surface area contributed by atoms with Crippen molar-refractivity contribution in [2.45, 2.75) is 38.1 Å². The Bertz CT molecular complexity index is 1250. The van der Waals surface area contributed by atoms with Gasteiger partial charge in [-0.05, 0) is 48.4 Å². The van der Waals surface area contributed by atoms with Gasteiger partial charge in [0.25, 0.3) is 5.89 Å². The standard InChI is InChI=1S/C24H25N7O2/c1-2-24(7-8-24)21(16-3-5-19(26-10-16)15-4-6-20(25)27-9-15)22-29-23(33-30-22)17-11-28-31(12-17)18-13-32-14-18/h3-6,9-12,18,21H,2,7-8,13-14H2,1H3,(H2,25,27)/t21-/m1/s1. The number of rotatable bonds is 7. The van der Waals surface area contributed by atoms with Crippen LogP contribution in [-0.2, 0) is 4.74 Å². The predicted molar refractivity (Wildman–Crippen MR) is 121 cm³/mol. The third-order valence-electron chi connectivity index (χ3n) is 6.95. The van der Waals surface area contributed by atoms with Crippen LogP contribution in [0, 0.1) is 5.41 Å². The summed E-state index contributed by atoms with van der Waals surface area (Å²) in [6.07, 6.45) is 10.7. The van der Waals surface area contributed by atoms with Gasteiger partial charge in [0.15, 0.2) is 5.82 Å². The molecule has 33 heavy (non-hydrogen) atoms. The molecule has 1 atom stereocenters. The zero-order valence-corrected chi connectivity index (χ0v) is 18.4.